The number of carbonyl (C=O) groups is 2. The molecule has 7 nitrogen and oxygen atoms in total. The molecule has 0 radical (unpaired) electrons. The van der Waals surface area contributed by atoms with Crippen LogP contribution in [0.25, 0.3) is 0 Å². The van der Waals surface area contributed by atoms with Crippen molar-refractivity contribution in [3.63, 3.8) is 0 Å². The van der Waals surface area contributed by atoms with E-state index in [1.54, 1.807) is 16.7 Å². The lowest BCUT2D eigenvalue weighted by molar-refractivity contribution is -0.136. The number of aryl methyl sites for hydroxylation is 1. The molecule has 0 unspecified atom stereocenters. The van der Waals surface area contributed by atoms with Crippen molar-refractivity contribution in [3.05, 3.63) is 57.1 Å². The van der Waals surface area contributed by atoms with Gasteiger partial charge in [-0.3, -0.25) is 14.4 Å². The number of aliphatic carboxylic acids is 1. The zero-order valence-electron chi connectivity index (χ0n) is 16.8. The Balaban J connectivity index is 2.29. The van der Waals surface area contributed by atoms with E-state index in [9.17, 15) is 14.4 Å². The van der Waals surface area contributed by atoms with Crippen molar-refractivity contribution in [2.45, 2.75) is 53.5 Å². The number of carboxylic acids is 1. The second-order valence-corrected chi connectivity index (χ2v) is 7.26. The second kappa shape index (κ2) is 9.30. The zero-order valence-corrected chi connectivity index (χ0v) is 16.8. The number of amides is 1. The summed E-state index contributed by atoms with van der Waals surface area (Å²) in [4.78, 5) is 40.4. The third-order valence-electron chi connectivity index (χ3n) is 4.55. The van der Waals surface area contributed by atoms with E-state index in [1.807, 2.05) is 13.8 Å². The maximum atomic E-state index is 12.9. The Hall–Kier alpha value is -2.96. The van der Waals surface area contributed by atoms with E-state index >= 15 is 0 Å². The Bertz CT molecular complexity index is 914. The van der Waals surface area contributed by atoms with Crippen molar-refractivity contribution in [2.24, 2.45) is 5.92 Å². The molecule has 0 saturated carbocycles. The lowest BCUT2D eigenvalue weighted by Crippen LogP contribution is -2.32. The summed E-state index contributed by atoms with van der Waals surface area (Å²) < 4.78 is 1.70. The van der Waals surface area contributed by atoms with Crippen molar-refractivity contribution < 1.29 is 14.7 Å². The summed E-state index contributed by atoms with van der Waals surface area (Å²) in [6.45, 7) is 8.67. The minimum atomic E-state index is -0.952. The van der Waals surface area contributed by atoms with Gasteiger partial charge in [-0.05, 0) is 48.9 Å². The van der Waals surface area contributed by atoms with Crippen molar-refractivity contribution >= 4 is 17.7 Å². The van der Waals surface area contributed by atoms with E-state index in [0.29, 0.717) is 24.4 Å². The van der Waals surface area contributed by atoms with Gasteiger partial charge in [0.15, 0.2) is 0 Å². The average molecular weight is 385 g/mol. The molecular formula is C21H27N3O4. The normalized spacial score (nSPS) is 10.9. The van der Waals surface area contributed by atoms with E-state index in [0.717, 1.165) is 17.7 Å². The molecule has 0 aliphatic heterocycles. The first-order valence-corrected chi connectivity index (χ1v) is 9.44. The Kier molecular flexibility index (Phi) is 7.09. The number of carbonyl (C=O) groups excluding carboxylic acids is 1. The van der Waals surface area contributed by atoms with Crippen LogP contribution in [0.5, 0.6) is 0 Å². The highest BCUT2D eigenvalue weighted by molar-refractivity contribution is 6.03. The molecule has 0 spiro atoms. The number of carboxylic acid groups (broad SMARTS) is 1. The van der Waals surface area contributed by atoms with Crippen LogP contribution >= 0.6 is 0 Å². The standard InChI is InChI=1S/C21H27N3O4/c1-5-17-14(4)10-16(21(28)24(17)9-8-13(2)3)20(27)23-18-7-6-15(12-22-18)11-19(25)26/h6-7,10,12-13H,5,8-9,11H2,1-4H3,(H,25,26)(H,22,23,27). The lowest BCUT2D eigenvalue weighted by Gasteiger charge is -2.17. The third-order valence-corrected chi connectivity index (χ3v) is 4.55. The molecule has 28 heavy (non-hydrogen) atoms. The first-order chi connectivity index (χ1) is 13.2. The van der Waals surface area contributed by atoms with Gasteiger partial charge in [-0.2, -0.15) is 0 Å². The minimum absolute atomic E-state index is 0.0786. The topological polar surface area (TPSA) is 101 Å². The average Bonchev–Trinajstić information content (AvgIpc) is 2.62. The van der Waals surface area contributed by atoms with Gasteiger partial charge in [0.1, 0.15) is 11.4 Å². The number of hydrogen-bond donors (Lipinski definition) is 2. The molecule has 0 aliphatic rings. The summed E-state index contributed by atoms with van der Waals surface area (Å²) >= 11 is 0. The molecule has 0 fully saturated rings. The molecule has 0 atom stereocenters. The molecule has 2 rings (SSSR count). The van der Waals surface area contributed by atoms with Crippen LogP contribution in [0.1, 0.15) is 54.4 Å². The van der Waals surface area contributed by atoms with Gasteiger partial charge >= 0.3 is 5.97 Å². The smallest absolute Gasteiger partial charge is 0.307 e. The third kappa shape index (κ3) is 5.28. The van der Waals surface area contributed by atoms with Crippen LogP contribution in [-0.4, -0.2) is 26.5 Å². The number of anilines is 1. The minimum Gasteiger partial charge on any atom is -0.481 e. The van der Waals surface area contributed by atoms with Crippen LogP contribution in [-0.2, 0) is 24.2 Å². The Labute approximate surface area is 164 Å². The van der Waals surface area contributed by atoms with E-state index in [-0.39, 0.29) is 23.4 Å². The fraction of sp³-hybridized carbons (Fsp3) is 0.429. The first kappa shape index (κ1) is 21.3. The van der Waals surface area contributed by atoms with Crippen molar-refractivity contribution in [1.29, 1.82) is 0 Å². The molecule has 0 aliphatic carbocycles. The number of nitrogens with zero attached hydrogens (tertiary/aromatic N) is 2. The van der Waals surface area contributed by atoms with Crippen LogP contribution in [0.3, 0.4) is 0 Å². The summed E-state index contributed by atoms with van der Waals surface area (Å²) in [7, 11) is 0. The van der Waals surface area contributed by atoms with E-state index in [4.69, 9.17) is 5.11 Å². The molecule has 1 amide bonds. The fourth-order valence-corrected chi connectivity index (χ4v) is 3.06. The highest BCUT2D eigenvalue weighted by Gasteiger charge is 2.18. The van der Waals surface area contributed by atoms with Crippen molar-refractivity contribution in [3.8, 4) is 0 Å². The highest BCUT2D eigenvalue weighted by atomic mass is 16.4. The quantitative estimate of drug-likeness (QED) is 0.727. The fourth-order valence-electron chi connectivity index (χ4n) is 3.06. The predicted molar refractivity (Wildman–Crippen MR) is 108 cm³/mol. The molecule has 0 aromatic carbocycles. The molecule has 2 heterocycles. The second-order valence-electron chi connectivity index (χ2n) is 7.26. The van der Waals surface area contributed by atoms with Gasteiger partial charge in [-0.25, -0.2) is 4.98 Å². The summed E-state index contributed by atoms with van der Waals surface area (Å²) in [5, 5.41) is 11.4. The summed E-state index contributed by atoms with van der Waals surface area (Å²) in [5.74, 6) is -0.757. The molecular weight excluding hydrogens is 358 g/mol. The largest absolute Gasteiger partial charge is 0.481 e. The first-order valence-electron chi connectivity index (χ1n) is 9.44. The van der Waals surface area contributed by atoms with Crippen LogP contribution in [0, 0.1) is 12.8 Å². The number of aromatic nitrogens is 2. The number of pyridine rings is 2. The molecule has 2 N–H and O–H groups in total. The summed E-state index contributed by atoms with van der Waals surface area (Å²) in [6.07, 6.45) is 2.83. The van der Waals surface area contributed by atoms with Gasteiger partial charge in [-0.1, -0.05) is 26.8 Å². The van der Waals surface area contributed by atoms with Crippen LogP contribution in [0.15, 0.2) is 29.2 Å². The van der Waals surface area contributed by atoms with Crippen molar-refractivity contribution in [1.82, 2.24) is 9.55 Å². The van der Waals surface area contributed by atoms with Crippen LogP contribution < -0.4 is 10.9 Å². The predicted octanol–water partition coefficient (Wildman–Crippen LogP) is 3.04. The molecule has 0 saturated heterocycles. The van der Waals surface area contributed by atoms with Crippen LogP contribution in [0.2, 0.25) is 0 Å². The molecule has 150 valence electrons. The number of rotatable bonds is 8. The number of hydrogen-bond acceptors (Lipinski definition) is 4. The lowest BCUT2D eigenvalue weighted by atomic mass is 10.1. The van der Waals surface area contributed by atoms with Gasteiger partial charge in [0.25, 0.3) is 11.5 Å². The number of nitrogens with one attached hydrogen (secondary N) is 1. The van der Waals surface area contributed by atoms with Gasteiger partial charge in [0, 0.05) is 18.4 Å². The van der Waals surface area contributed by atoms with E-state index in [1.165, 1.54) is 12.3 Å². The Morgan fingerprint density at radius 2 is 2.00 bits per heavy atom. The monoisotopic (exact) mass is 385 g/mol. The summed E-state index contributed by atoms with van der Waals surface area (Å²) in [6, 6.07) is 4.74. The maximum Gasteiger partial charge on any atom is 0.307 e. The van der Waals surface area contributed by atoms with Crippen LogP contribution in [0.4, 0.5) is 5.82 Å². The molecule has 2 aromatic heterocycles. The Morgan fingerprint density at radius 3 is 2.54 bits per heavy atom. The molecule has 7 heteroatoms. The molecule has 0 bridgehead atoms. The van der Waals surface area contributed by atoms with E-state index < -0.39 is 11.9 Å². The van der Waals surface area contributed by atoms with Crippen molar-refractivity contribution in [2.75, 3.05) is 5.32 Å². The summed E-state index contributed by atoms with van der Waals surface area (Å²) in [5.41, 5.74) is 2.15. The maximum absolute atomic E-state index is 12.9. The molecule has 2 aromatic rings. The van der Waals surface area contributed by atoms with E-state index in [2.05, 4.69) is 24.1 Å². The van der Waals surface area contributed by atoms with Gasteiger partial charge in [-0.15, -0.1) is 0 Å². The zero-order chi connectivity index (χ0) is 20.8. The van der Waals surface area contributed by atoms with Gasteiger partial charge in [0.05, 0.1) is 6.42 Å². The van der Waals surface area contributed by atoms with Gasteiger partial charge < -0.3 is 15.0 Å². The Morgan fingerprint density at radius 1 is 1.29 bits per heavy atom. The SMILES string of the molecule is CCc1c(C)cc(C(=O)Nc2ccc(CC(=O)O)cn2)c(=O)n1CCC(C)C. The highest BCUT2D eigenvalue weighted by Crippen LogP contribution is 2.13. The van der Waals surface area contributed by atoms with Gasteiger partial charge in [0.2, 0.25) is 0 Å².